The van der Waals surface area contributed by atoms with Crippen molar-refractivity contribution in [2.24, 2.45) is 0 Å². The second kappa shape index (κ2) is 7.89. The highest BCUT2D eigenvalue weighted by atomic mass is 16.5. The Hall–Kier alpha value is -2.45. The molecule has 0 bridgehead atoms. The molecule has 0 unspecified atom stereocenters. The van der Waals surface area contributed by atoms with Gasteiger partial charge in [0.2, 0.25) is 5.89 Å². The second-order valence-corrected chi connectivity index (χ2v) is 7.41. The molecule has 8 heteroatoms. The van der Waals surface area contributed by atoms with Crippen LogP contribution in [0.15, 0.2) is 19.7 Å². The Labute approximate surface area is 162 Å². The molecule has 0 radical (unpaired) electrons. The molecule has 2 aliphatic rings. The molecule has 4 heterocycles. The highest BCUT2D eigenvalue weighted by Crippen LogP contribution is 2.26. The first-order chi connectivity index (χ1) is 13.6. The maximum absolute atomic E-state index is 13.0. The Balaban J connectivity index is 1.55. The van der Waals surface area contributed by atoms with E-state index in [1.165, 1.54) is 0 Å². The number of ether oxygens (including phenoxy) is 1. The molecule has 2 aromatic rings. The lowest BCUT2D eigenvalue weighted by Crippen LogP contribution is -2.38. The van der Waals surface area contributed by atoms with Crippen molar-refractivity contribution in [2.45, 2.75) is 45.3 Å². The van der Waals surface area contributed by atoms with Gasteiger partial charge < -0.3 is 23.8 Å². The first-order valence-electron chi connectivity index (χ1n) is 9.68. The van der Waals surface area contributed by atoms with Gasteiger partial charge in [0.15, 0.2) is 0 Å². The summed E-state index contributed by atoms with van der Waals surface area (Å²) in [5.41, 5.74) is 0.951. The van der Waals surface area contributed by atoms with Gasteiger partial charge in [-0.2, -0.15) is 0 Å². The van der Waals surface area contributed by atoms with Crippen molar-refractivity contribution >= 4 is 5.91 Å². The number of aryl methyl sites for hydroxylation is 1. The van der Waals surface area contributed by atoms with E-state index in [0.29, 0.717) is 43.3 Å². The number of amides is 1. The highest BCUT2D eigenvalue weighted by molar-refractivity contribution is 5.95. The summed E-state index contributed by atoms with van der Waals surface area (Å²) in [6.07, 6.45) is 2.43. The zero-order valence-corrected chi connectivity index (χ0v) is 16.2. The molecule has 0 saturated carbocycles. The van der Waals surface area contributed by atoms with E-state index in [0.717, 1.165) is 37.4 Å². The Kier molecular flexibility index (Phi) is 5.32. The van der Waals surface area contributed by atoms with Crippen LogP contribution in [0.25, 0.3) is 0 Å². The molecule has 2 aliphatic heterocycles. The van der Waals surface area contributed by atoms with Gasteiger partial charge in [0.1, 0.15) is 29.4 Å². The number of rotatable bonds is 4. The standard InChI is InChI=1S/C20H25N3O5/c1-12-9-16(13-3-6-21-7-4-13)28-20(25)18(12)19(24)23-8-5-15-14(10-23)22-17(27-15)11-26-2/h9,13,21H,3-8,10-11H2,1-2H3. The SMILES string of the molecule is COCc1nc2c(o1)CCN(C(=O)c1c(C)cc(C3CCNCC3)oc1=O)C2. The van der Waals surface area contributed by atoms with Gasteiger partial charge in [-0.25, -0.2) is 9.78 Å². The van der Waals surface area contributed by atoms with Gasteiger partial charge in [0, 0.05) is 26.0 Å². The predicted octanol–water partition coefficient (Wildman–Crippen LogP) is 1.75. The Bertz CT molecular complexity index is 926. The van der Waals surface area contributed by atoms with Crippen molar-refractivity contribution in [2.75, 3.05) is 26.7 Å². The average Bonchev–Trinajstić information content (AvgIpc) is 3.10. The van der Waals surface area contributed by atoms with E-state index in [-0.39, 0.29) is 17.4 Å². The molecular formula is C20H25N3O5. The van der Waals surface area contributed by atoms with Gasteiger partial charge in [-0.15, -0.1) is 0 Å². The third-order valence-electron chi connectivity index (χ3n) is 5.45. The lowest BCUT2D eigenvalue weighted by molar-refractivity contribution is 0.0721. The molecule has 8 nitrogen and oxygen atoms in total. The van der Waals surface area contributed by atoms with Crippen LogP contribution < -0.4 is 10.9 Å². The maximum Gasteiger partial charge on any atom is 0.349 e. The largest absolute Gasteiger partial charge is 0.443 e. The molecular weight excluding hydrogens is 362 g/mol. The normalized spacial score (nSPS) is 17.6. The van der Waals surface area contributed by atoms with Gasteiger partial charge >= 0.3 is 5.63 Å². The summed E-state index contributed by atoms with van der Waals surface area (Å²) in [6.45, 7) is 4.71. The third kappa shape index (κ3) is 3.62. The molecule has 2 aromatic heterocycles. The quantitative estimate of drug-likeness (QED) is 0.853. The molecule has 1 amide bonds. The van der Waals surface area contributed by atoms with Crippen LogP contribution in [-0.2, 0) is 24.3 Å². The van der Waals surface area contributed by atoms with Crippen LogP contribution >= 0.6 is 0 Å². The number of hydrogen-bond donors (Lipinski definition) is 1. The van der Waals surface area contributed by atoms with Crippen molar-refractivity contribution < 1.29 is 18.4 Å². The zero-order valence-electron chi connectivity index (χ0n) is 16.2. The molecule has 1 fully saturated rings. The van der Waals surface area contributed by atoms with E-state index < -0.39 is 5.63 Å². The summed E-state index contributed by atoms with van der Waals surface area (Å²) < 4.78 is 16.3. The number of nitrogens with zero attached hydrogens (tertiary/aromatic N) is 2. The van der Waals surface area contributed by atoms with Gasteiger partial charge in [-0.1, -0.05) is 0 Å². The number of aromatic nitrogens is 1. The molecule has 0 aromatic carbocycles. The Morgan fingerprint density at radius 3 is 2.86 bits per heavy atom. The van der Waals surface area contributed by atoms with Crippen molar-refractivity contribution in [3.05, 3.63) is 50.7 Å². The zero-order chi connectivity index (χ0) is 19.7. The third-order valence-corrected chi connectivity index (χ3v) is 5.45. The van der Waals surface area contributed by atoms with E-state index in [9.17, 15) is 9.59 Å². The Morgan fingerprint density at radius 2 is 2.14 bits per heavy atom. The fraction of sp³-hybridized carbons (Fsp3) is 0.550. The monoisotopic (exact) mass is 387 g/mol. The number of hydrogen-bond acceptors (Lipinski definition) is 7. The first-order valence-corrected chi connectivity index (χ1v) is 9.68. The summed E-state index contributed by atoms with van der Waals surface area (Å²) in [5.74, 6) is 1.88. The molecule has 28 heavy (non-hydrogen) atoms. The molecule has 0 aliphatic carbocycles. The first kappa shape index (κ1) is 18.9. The number of oxazole rings is 1. The number of piperidine rings is 1. The van der Waals surface area contributed by atoms with Crippen LogP contribution in [0.1, 0.15) is 57.8 Å². The summed E-state index contributed by atoms with van der Waals surface area (Å²) >= 11 is 0. The molecule has 1 N–H and O–H groups in total. The summed E-state index contributed by atoms with van der Waals surface area (Å²) in [7, 11) is 1.58. The van der Waals surface area contributed by atoms with Crippen molar-refractivity contribution in [1.82, 2.24) is 15.2 Å². The molecule has 150 valence electrons. The maximum atomic E-state index is 13.0. The summed E-state index contributed by atoms with van der Waals surface area (Å²) in [5, 5.41) is 3.30. The van der Waals surface area contributed by atoms with Crippen molar-refractivity contribution in [3.63, 3.8) is 0 Å². The van der Waals surface area contributed by atoms with E-state index in [2.05, 4.69) is 10.3 Å². The van der Waals surface area contributed by atoms with E-state index in [1.807, 2.05) is 6.07 Å². The number of methoxy groups -OCH3 is 1. The van der Waals surface area contributed by atoms with Gasteiger partial charge in [-0.3, -0.25) is 4.79 Å². The van der Waals surface area contributed by atoms with E-state index >= 15 is 0 Å². The van der Waals surface area contributed by atoms with Crippen LogP contribution in [0.5, 0.6) is 0 Å². The van der Waals surface area contributed by atoms with Crippen LogP contribution in [0.3, 0.4) is 0 Å². The van der Waals surface area contributed by atoms with Gasteiger partial charge in [-0.05, 0) is 44.5 Å². The second-order valence-electron chi connectivity index (χ2n) is 7.41. The minimum atomic E-state index is -0.551. The Morgan fingerprint density at radius 1 is 1.36 bits per heavy atom. The van der Waals surface area contributed by atoms with Gasteiger partial charge in [0.05, 0.1) is 6.54 Å². The minimum Gasteiger partial charge on any atom is -0.443 e. The number of nitrogens with one attached hydrogen (secondary N) is 1. The number of carbonyl (C=O) groups is 1. The summed E-state index contributed by atoms with van der Waals surface area (Å²) in [6, 6.07) is 1.85. The predicted molar refractivity (Wildman–Crippen MR) is 100 cm³/mol. The van der Waals surface area contributed by atoms with Gasteiger partial charge in [0.25, 0.3) is 5.91 Å². The molecule has 1 saturated heterocycles. The van der Waals surface area contributed by atoms with E-state index in [4.69, 9.17) is 13.6 Å². The average molecular weight is 387 g/mol. The van der Waals surface area contributed by atoms with Crippen molar-refractivity contribution in [1.29, 1.82) is 0 Å². The molecule has 0 atom stereocenters. The summed E-state index contributed by atoms with van der Waals surface area (Å²) in [4.78, 5) is 31.7. The lowest BCUT2D eigenvalue weighted by Gasteiger charge is -2.26. The number of fused-ring (bicyclic) bond motifs is 1. The highest BCUT2D eigenvalue weighted by Gasteiger charge is 2.30. The topological polar surface area (TPSA) is 97.8 Å². The molecule has 0 spiro atoms. The minimum absolute atomic E-state index is 0.113. The van der Waals surface area contributed by atoms with Crippen molar-refractivity contribution in [3.8, 4) is 0 Å². The van der Waals surface area contributed by atoms with Crippen LogP contribution in [0.4, 0.5) is 0 Å². The van der Waals surface area contributed by atoms with Crippen LogP contribution in [0, 0.1) is 6.92 Å². The van der Waals surface area contributed by atoms with Crippen LogP contribution in [-0.4, -0.2) is 42.5 Å². The van der Waals surface area contributed by atoms with E-state index in [1.54, 1.807) is 18.9 Å². The number of carbonyl (C=O) groups excluding carboxylic acids is 1. The fourth-order valence-corrected chi connectivity index (χ4v) is 3.97. The lowest BCUT2D eigenvalue weighted by atomic mass is 9.94. The van der Waals surface area contributed by atoms with Crippen LogP contribution in [0.2, 0.25) is 0 Å². The molecule has 4 rings (SSSR count). The smallest absolute Gasteiger partial charge is 0.349 e. The fourth-order valence-electron chi connectivity index (χ4n) is 3.97.